The fourth-order valence-electron chi connectivity index (χ4n) is 2.18. The van der Waals surface area contributed by atoms with Gasteiger partial charge in [-0.25, -0.2) is 4.98 Å². The van der Waals surface area contributed by atoms with Gasteiger partial charge in [-0.3, -0.25) is 0 Å². The van der Waals surface area contributed by atoms with Gasteiger partial charge in [0.1, 0.15) is 5.82 Å². The third kappa shape index (κ3) is 2.64. The second-order valence-corrected chi connectivity index (χ2v) is 5.99. The van der Waals surface area contributed by atoms with Crippen LogP contribution >= 0.6 is 24.0 Å². The van der Waals surface area contributed by atoms with Crippen LogP contribution in [0.15, 0.2) is 29.9 Å². The smallest absolute Gasteiger partial charge is 0.150 e. The molecule has 2 heterocycles. The molecule has 98 valence electrons. The lowest BCUT2D eigenvalue weighted by atomic mass is 9.84. The van der Waals surface area contributed by atoms with Gasteiger partial charge in [-0.15, -0.1) is 11.3 Å². The van der Waals surface area contributed by atoms with Gasteiger partial charge in [0.25, 0.3) is 0 Å². The number of hydrogen-bond donors (Lipinski definition) is 1. The van der Waals surface area contributed by atoms with Crippen LogP contribution in [-0.2, 0) is 6.54 Å². The maximum atomic E-state index is 4.55. The van der Waals surface area contributed by atoms with Crippen LogP contribution in [0.25, 0.3) is 10.7 Å². The molecule has 0 aliphatic rings. The molecule has 0 fully saturated rings. The van der Waals surface area contributed by atoms with Crippen LogP contribution in [-0.4, -0.2) is 15.3 Å². The first kappa shape index (κ1) is 13.7. The molecule has 0 amide bonds. The number of hydrogen-bond acceptors (Lipinski definition) is 3. The highest BCUT2D eigenvalue weighted by atomic mass is 32.1. The highest BCUT2D eigenvalue weighted by Crippen LogP contribution is 2.32. The summed E-state index contributed by atoms with van der Waals surface area (Å²) in [6, 6.07) is 4.20. The molecule has 2 aromatic heterocycles. The summed E-state index contributed by atoms with van der Waals surface area (Å²) in [5.41, 5.74) is 0.274. The molecule has 0 bridgehead atoms. The molecular weight excluding hydrogens is 260 g/mol. The van der Waals surface area contributed by atoms with E-state index in [1.54, 1.807) is 11.3 Å². The van der Waals surface area contributed by atoms with Gasteiger partial charge in [0, 0.05) is 18.9 Å². The molecule has 0 saturated carbocycles. The highest BCUT2D eigenvalue weighted by molar-refractivity contribution is 7.80. The van der Waals surface area contributed by atoms with Crippen molar-refractivity contribution in [1.82, 2.24) is 9.55 Å². The molecule has 4 heteroatoms. The Morgan fingerprint density at radius 3 is 2.72 bits per heavy atom. The van der Waals surface area contributed by atoms with E-state index in [-0.39, 0.29) is 5.41 Å². The highest BCUT2D eigenvalue weighted by Gasteiger charge is 2.26. The number of imidazole rings is 1. The van der Waals surface area contributed by atoms with Crippen molar-refractivity contribution in [3.05, 3.63) is 29.9 Å². The summed E-state index contributed by atoms with van der Waals surface area (Å²) < 4.78 is 2.27. The minimum absolute atomic E-state index is 0.274. The summed E-state index contributed by atoms with van der Waals surface area (Å²) in [4.78, 5) is 5.73. The van der Waals surface area contributed by atoms with E-state index in [2.05, 4.69) is 59.7 Å². The normalized spacial score (nSPS) is 11.9. The van der Waals surface area contributed by atoms with E-state index in [0.717, 1.165) is 31.0 Å². The quantitative estimate of drug-likeness (QED) is 0.779. The first-order valence-corrected chi connectivity index (χ1v) is 7.92. The molecule has 0 radical (unpaired) electrons. The number of aromatic nitrogens is 2. The average molecular weight is 280 g/mol. The van der Waals surface area contributed by atoms with Crippen molar-refractivity contribution in [3.63, 3.8) is 0 Å². The van der Waals surface area contributed by atoms with E-state index in [1.807, 2.05) is 6.20 Å². The summed E-state index contributed by atoms with van der Waals surface area (Å²) in [6.07, 6.45) is 6.27. The van der Waals surface area contributed by atoms with Crippen molar-refractivity contribution >= 4 is 24.0 Å². The Morgan fingerprint density at radius 1 is 1.39 bits per heavy atom. The van der Waals surface area contributed by atoms with Crippen LogP contribution in [0.2, 0.25) is 0 Å². The molecule has 0 aliphatic heterocycles. The predicted molar refractivity (Wildman–Crippen MR) is 82.4 cm³/mol. The summed E-state index contributed by atoms with van der Waals surface area (Å²) in [5.74, 6) is 2.00. The third-order valence-electron chi connectivity index (χ3n) is 3.80. The summed E-state index contributed by atoms with van der Waals surface area (Å²) in [7, 11) is 0. The maximum Gasteiger partial charge on any atom is 0.150 e. The van der Waals surface area contributed by atoms with Crippen molar-refractivity contribution in [1.29, 1.82) is 0 Å². The molecule has 0 N–H and O–H groups in total. The van der Waals surface area contributed by atoms with Crippen LogP contribution < -0.4 is 0 Å². The number of thiol groups is 1. The SMILES string of the molecule is CCC(CC)(CS)Cn1ccnc1-c1cccs1. The fraction of sp³-hybridized carbons (Fsp3) is 0.500. The van der Waals surface area contributed by atoms with E-state index in [4.69, 9.17) is 0 Å². The lowest BCUT2D eigenvalue weighted by Crippen LogP contribution is -2.27. The van der Waals surface area contributed by atoms with E-state index in [1.165, 1.54) is 4.88 Å². The molecule has 0 aromatic carbocycles. The first-order valence-electron chi connectivity index (χ1n) is 6.40. The van der Waals surface area contributed by atoms with Gasteiger partial charge in [0.2, 0.25) is 0 Å². The van der Waals surface area contributed by atoms with Crippen molar-refractivity contribution in [3.8, 4) is 10.7 Å². The number of rotatable bonds is 6. The summed E-state index contributed by atoms with van der Waals surface area (Å²) >= 11 is 6.29. The van der Waals surface area contributed by atoms with E-state index < -0.39 is 0 Å². The van der Waals surface area contributed by atoms with E-state index in [9.17, 15) is 0 Å². The van der Waals surface area contributed by atoms with Gasteiger partial charge in [0.05, 0.1) is 4.88 Å². The lowest BCUT2D eigenvalue weighted by molar-refractivity contribution is 0.259. The Morgan fingerprint density at radius 2 is 2.17 bits per heavy atom. The van der Waals surface area contributed by atoms with Crippen LogP contribution in [0.3, 0.4) is 0 Å². The zero-order valence-electron chi connectivity index (χ0n) is 11.0. The first-order chi connectivity index (χ1) is 8.74. The molecular formula is C14H20N2S2. The molecule has 2 nitrogen and oxygen atoms in total. The number of thiophene rings is 1. The Kier molecular flexibility index (Phi) is 4.51. The van der Waals surface area contributed by atoms with Crippen molar-refractivity contribution in [2.45, 2.75) is 33.2 Å². The lowest BCUT2D eigenvalue weighted by Gasteiger charge is -2.30. The molecule has 0 spiro atoms. The molecule has 0 aliphatic carbocycles. The largest absolute Gasteiger partial charge is 0.330 e. The van der Waals surface area contributed by atoms with Crippen molar-refractivity contribution in [2.24, 2.45) is 5.41 Å². The standard InChI is InChI=1S/C14H20N2S2/c1-3-14(4-2,11-17)10-16-8-7-15-13(16)12-6-5-9-18-12/h5-9,17H,3-4,10-11H2,1-2H3. The molecule has 0 atom stereocenters. The van der Waals surface area contributed by atoms with E-state index in [0.29, 0.717) is 0 Å². The van der Waals surface area contributed by atoms with Crippen molar-refractivity contribution < 1.29 is 0 Å². The average Bonchev–Trinajstić information content (AvgIpc) is 3.06. The Labute approximate surface area is 118 Å². The molecule has 0 saturated heterocycles. The predicted octanol–water partition coefficient (Wildman–Crippen LogP) is 4.35. The second-order valence-electron chi connectivity index (χ2n) is 4.72. The van der Waals surface area contributed by atoms with Crippen molar-refractivity contribution in [2.75, 3.05) is 5.75 Å². The van der Waals surface area contributed by atoms with Gasteiger partial charge < -0.3 is 4.57 Å². The van der Waals surface area contributed by atoms with Crippen LogP contribution in [0.5, 0.6) is 0 Å². The third-order valence-corrected chi connectivity index (χ3v) is 5.33. The Bertz CT molecular complexity index is 461. The van der Waals surface area contributed by atoms with Gasteiger partial charge in [-0.2, -0.15) is 12.6 Å². The summed E-state index contributed by atoms with van der Waals surface area (Å²) in [6.45, 7) is 5.50. The molecule has 18 heavy (non-hydrogen) atoms. The minimum atomic E-state index is 0.274. The molecule has 2 aromatic rings. The van der Waals surface area contributed by atoms with Crippen LogP contribution in [0, 0.1) is 5.41 Å². The molecule has 0 unspecified atom stereocenters. The summed E-state index contributed by atoms with van der Waals surface area (Å²) in [5, 5.41) is 2.10. The van der Waals surface area contributed by atoms with Gasteiger partial charge in [-0.1, -0.05) is 19.9 Å². The Balaban J connectivity index is 2.27. The van der Waals surface area contributed by atoms with E-state index >= 15 is 0 Å². The monoisotopic (exact) mass is 280 g/mol. The maximum absolute atomic E-state index is 4.55. The molecule has 2 rings (SSSR count). The fourth-order valence-corrected chi connectivity index (χ4v) is 3.46. The van der Waals surface area contributed by atoms with Crippen LogP contribution in [0.4, 0.5) is 0 Å². The van der Waals surface area contributed by atoms with Crippen LogP contribution in [0.1, 0.15) is 26.7 Å². The van der Waals surface area contributed by atoms with Gasteiger partial charge >= 0.3 is 0 Å². The zero-order valence-corrected chi connectivity index (χ0v) is 12.7. The second kappa shape index (κ2) is 5.93. The Hall–Kier alpha value is -0.740. The number of nitrogens with zero attached hydrogens (tertiary/aromatic N) is 2. The van der Waals surface area contributed by atoms with Gasteiger partial charge in [0.15, 0.2) is 0 Å². The topological polar surface area (TPSA) is 17.8 Å². The minimum Gasteiger partial charge on any atom is -0.330 e. The zero-order chi connectivity index (χ0) is 13.0. The van der Waals surface area contributed by atoms with Gasteiger partial charge in [-0.05, 0) is 35.5 Å².